The molecule has 6 rings (SSSR count). The van der Waals surface area contributed by atoms with Crippen molar-refractivity contribution < 1.29 is 24.1 Å². The Hall–Kier alpha value is -3.10. The number of halogens is 1. The molecule has 0 saturated heterocycles. The highest BCUT2D eigenvalue weighted by Gasteiger charge is 2.46. The summed E-state index contributed by atoms with van der Waals surface area (Å²) in [6.45, 7) is 3.58. The van der Waals surface area contributed by atoms with E-state index in [2.05, 4.69) is 0 Å². The molecule has 1 aliphatic carbocycles. The molecule has 0 spiro atoms. The van der Waals surface area contributed by atoms with E-state index >= 15 is 0 Å². The van der Waals surface area contributed by atoms with Gasteiger partial charge in [-0.3, -0.25) is 4.79 Å². The minimum Gasteiger partial charge on any atom is -0.458 e. The van der Waals surface area contributed by atoms with Crippen molar-refractivity contribution in [2.24, 2.45) is 0 Å². The van der Waals surface area contributed by atoms with Crippen molar-refractivity contribution >= 4 is 16.9 Å². The first kappa shape index (κ1) is 20.5. The standard InChI is InChI=1S/C25H23FN2O5/c1-3-6-25(32)15-7-18-22-13(9-28(18)23(30)14(15)10-33-24(25)31)21-19(29)5-4-12-11(2)16(26)8-17(27-22)20(12)21/h7-8,19,29,32H,3-6,9-10H2,1-2H3/t19-,25-/m0/s1. The highest BCUT2D eigenvalue weighted by atomic mass is 19.1. The Kier molecular flexibility index (Phi) is 4.17. The Morgan fingerprint density at radius 3 is 2.82 bits per heavy atom. The van der Waals surface area contributed by atoms with E-state index in [0.717, 1.165) is 16.5 Å². The SMILES string of the molecule is CCC[C@@]1(O)C(=O)OCc2c1cc1n(c2=O)Cc2c-1nc1cc(F)c(C)c3c1c2[C@@H](O)CC3. The zero-order valence-electron chi connectivity index (χ0n) is 18.4. The van der Waals surface area contributed by atoms with Crippen molar-refractivity contribution in [3.05, 3.63) is 61.7 Å². The first-order valence-electron chi connectivity index (χ1n) is 11.3. The van der Waals surface area contributed by atoms with Crippen molar-refractivity contribution in [2.45, 2.75) is 64.4 Å². The third-order valence-electron chi connectivity index (χ3n) is 7.45. The average molecular weight is 450 g/mol. The summed E-state index contributed by atoms with van der Waals surface area (Å²) < 4.78 is 21.4. The number of aliphatic hydroxyl groups is 2. The largest absolute Gasteiger partial charge is 0.458 e. The Bertz CT molecular complexity index is 1460. The quantitative estimate of drug-likeness (QED) is 0.456. The summed E-state index contributed by atoms with van der Waals surface area (Å²) in [7, 11) is 0. The second-order valence-corrected chi connectivity index (χ2v) is 9.26. The van der Waals surface area contributed by atoms with Crippen LogP contribution in [0.2, 0.25) is 0 Å². The Morgan fingerprint density at radius 2 is 2.06 bits per heavy atom. The van der Waals surface area contributed by atoms with Crippen LogP contribution in [0, 0.1) is 12.7 Å². The molecule has 8 heteroatoms. The molecule has 4 heterocycles. The van der Waals surface area contributed by atoms with Crippen molar-refractivity contribution in [3.8, 4) is 11.4 Å². The molecule has 2 atom stereocenters. The molecule has 1 aromatic carbocycles. The van der Waals surface area contributed by atoms with Gasteiger partial charge in [0.1, 0.15) is 12.4 Å². The lowest BCUT2D eigenvalue weighted by Gasteiger charge is -2.32. The van der Waals surface area contributed by atoms with E-state index in [0.29, 0.717) is 47.3 Å². The number of ether oxygens (including phenoxy) is 1. The molecule has 7 nitrogen and oxygen atoms in total. The predicted octanol–water partition coefficient (Wildman–Crippen LogP) is 2.90. The molecule has 2 aromatic heterocycles. The molecule has 170 valence electrons. The van der Waals surface area contributed by atoms with Crippen LogP contribution in [-0.4, -0.2) is 25.7 Å². The van der Waals surface area contributed by atoms with Crippen molar-refractivity contribution in [2.75, 3.05) is 0 Å². The van der Waals surface area contributed by atoms with Crippen molar-refractivity contribution in [3.63, 3.8) is 0 Å². The van der Waals surface area contributed by atoms with Crippen LogP contribution in [0.1, 0.15) is 65.7 Å². The summed E-state index contributed by atoms with van der Waals surface area (Å²) in [6, 6.07) is 3.02. The highest BCUT2D eigenvalue weighted by Crippen LogP contribution is 2.45. The van der Waals surface area contributed by atoms with E-state index in [1.54, 1.807) is 17.6 Å². The molecule has 3 aromatic rings. The summed E-state index contributed by atoms with van der Waals surface area (Å²) in [4.78, 5) is 30.7. The van der Waals surface area contributed by atoms with Gasteiger partial charge in [-0.05, 0) is 48.9 Å². The maximum Gasteiger partial charge on any atom is 0.343 e. The number of pyridine rings is 2. The molecule has 0 radical (unpaired) electrons. The zero-order valence-corrected chi connectivity index (χ0v) is 18.4. The number of carbonyl (C=O) groups is 1. The van der Waals surface area contributed by atoms with Gasteiger partial charge in [0.15, 0.2) is 5.60 Å². The lowest BCUT2D eigenvalue weighted by molar-refractivity contribution is -0.172. The van der Waals surface area contributed by atoms with Crippen LogP contribution >= 0.6 is 0 Å². The van der Waals surface area contributed by atoms with E-state index in [-0.39, 0.29) is 42.1 Å². The van der Waals surface area contributed by atoms with Gasteiger partial charge in [-0.2, -0.15) is 0 Å². The highest BCUT2D eigenvalue weighted by molar-refractivity contribution is 5.93. The molecule has 2 aliphatic heterocycles. The van der Waals surface area contributed by atoms with E-state index < -0.39 is 17.7 Å². The Labute approximate surface area is 188 Å². The summed E-state index contributed by atoms with van der Waals surface area (Å²) in [5.74, 6) is -1.12. The van der Waals surface area contributed by atoms with Gasteiger partial charge >= 0.3 is 5.97 Å². The monoisotopic (exact) mass is 450 g/mol. The number of esters is 1. The molecular formula is C25H23FN2O5. The number of hydrogen-bond acceptors (Lipinski definition) is 6. The van der Waals surface area contributed by atoms with Gasteiger partial charge < -0.3 is 19.5 Å². The molecule has 0 fully saturated rings. The van der Waals surface area contributed by atoms with E-state index in [1.165, 1.54) is 6.07 Å². The second-order valence-electron chi connectivity index (χ2n) is 9.26. The normalized spacial score (nSPS) is 22.7. The maximum absolute atomic E-state index is 14.7. The molecular weight excluding hydrogens is 427 g/mol. The number of aliphatic hydroxyl groups excluding tert-OH is 1. The summed E-state index contributed by atoms with van der Waals surface area (Å²) in [5, 5.41) is 22.9. The van der Waals surface area contributed by atoms with Gasteiger partial charge in [-0.25, -0.2) is 14.2 Å². The topological polar surface area (TPSA) is 102 Å². The van der Waals surface area contributed by atoms with Gasteiger partial charge in [0.25, 0.3) is 5.56 Å². The Morgan fingerprint density at radius 1 is 1.27 bits per heavy atom. The summed E-state index contributed by atoms with van der Waals surface area (Å²) in [5.41, 5.74) is 2.43. The first-order valence-corrected chi connectivity index (χ1v) is 11.3. The third-order valence-corrected chi connectivity index (χ3v) is 7.45. The molecule has 3 aliphatic rings. The van der Waals surface area contributed by atoms with Gasteiger partial charge in [0.05, 0.1) is 35.1 Å². The number of aromatic nitrogens is 2. The number of cyclic esters (lactones) is 1. The molecule has 0 saturated carbocycles. The molecule has 33 heavy (non-hydrogen) atoms. The van der Waals surface area contributed by atoms with E-state index in [1.807, 2.05) is 6.92 Å². The van der Waals surface area contributed by atoms with E-state index in [4.69, 9.17) is 9.72 Å². The summed E-state index contributed by atoms with van der Waals surface area (Å²) >= 11 is 0. The number of aryl methyl sites for hydroxylation is 1. The van der Waals surface area contributed by atoms with Crippen molar-refractivity contribution in [1.29, 1.82) is 0 Å². The molecule has 2 N–H and O–H groups in total. The van der Waals surface area contributed by atoms with Crippen LogP contribution in [0.3, 0.4) is 0 Å². The maximum atomic E-state index is 14.7. The number of nitrogens with zero attached hydrogens (tertiary/aromatic N) is 2. The van der Waals surface area contributed by atoms with Crippen LogP contribution < -0.4 is 5.56 Å². The van der Waals surface area contributed by atoms with E-state index in [9.17, 15) is 24.2 Å². The summed E-state index contributed by atoms with van der Waals surface area (Å²) in [6.07, 6.45) is 0.907. The van der Waals surface area contributed by atoms with Crippen LogP contribution in [0.4, 0.5) is 4.39 Å². The average Bonchev–Trinajstić information content (AvgIpc) is 3.15. The molecule has 0 amide bonds. The minimum atomic E-state index is -1.90. The molecule has 0 unspecified atom stereocenters. The Balaban J connectivity index is 1.68. The zero-order chi connectivity index (χ0) is 23.2. The predicted molar refractivity (Wildman–Crippen MR) is 117 cm³/mol. The number of benzene rings is 1. The van der Waals surface area contributed by atoms with Gasteiger partial charge in [-0.15, -0.1) is 0 Å². The second kappa shape index (κ2) is 6.71. The number of carbonyl (C=O) groups excluding carboxylic acids is 1. The lowest BCUT2D eigenvalue weighted by atomic mass is 9.82. The minimum absolute atomic E-state index is 0.123. The van der Waals surface area contributed by atoms with Gasteiger partial charge in [0, 0.05) is 22.6 Å². The van der Waals surface area contributed by atoms with Crippen LogP contribution in [0.25, 0.3) is 22.3 Å². The number of rotatable bonds is 2. The van der Waals surface area contributed by atoms with Gasteiger partial charge in [-0.1, -0.05) is 13.3 Å². The third kappa shape index (κ3) is 2.53. The van der Waals surface area contributed by atoms with Crippen LogP contribution in [-0.2, 0) is 34.7 Å². The lowest BCUT2D eigenvalue weighted by Crippen LogP contribution is -2.44. The number of fused-ring (bicyclic) bond motifs is 5. The fourth-order valence-corrected chi connectivity index (χ4v) is 5.79. The fourth-order valence-electron chi connectivity index (χ4n) is 5.79. The first-order chi connectivity index (χ1) is 15.8. The molecule has 0 bridgehead atoms. The van der Waals surface area contributed by atoms with Crippen LogP contribution in [0.15, 0.2) is 16.9 Å². The smallest absolute Gasteiger partial charge is 0.343 e. The fraction of sp³-hybridized carbons (Fsp3) is 0.400. The van der Waals surface area contributed by atoms with Gasteiger partial charge in [0.2, 0.25) is 0 Å². The van der Waals surface area contributed by atoms with Crippen molar-refractivity contribution in [1.82, 2.24) is 9.55 Å². The van der Waals surface area contributed by atoms with Crippen LogP contribution in [0.5, 0.6) is 0 Å². The number of hydrogen-bond donors (Lipinski definition) is 2.